The maximum absolute atomic E-state index is 12.5. The number of hydrogen-bond donors (Lipinski definition) is 5. The van der Waals surface area contributed by atoms with Crippen LogP contribution in [-0.2, 0) is 38.6 Å². The lowest BCUT2D eigenvalue weighted by Crippen LogP contribution is -2.46. The minimum absolute atomic E-state index is 0.0185. The monoisotopic (exact) mass is 788 g/mol. The fourth-order valence-corrected chi connectivity index (χ4v) is 6.20. The number of fused-ring (bicyclic) bond motifs is 1. The number of hydrogen-bond acceptors (Lipinski definition) is 9. The number of carbonyl (C=O) groups excluding carboxylic acids is 2. The molecule has 0 spiro atoms. The number of nitrogens with one attached hydrogen (secondary N) is 2. The normalized spacial score (nSPS) is 18.8. The summed E-state index contributed by atoms with van der Waals surface area (Å²) in [7, 11) is 7.00. The van der Waals surface area contributed by atoms with Crippen molar-refractivity contribution in [1.82, 2.24) is 20.4 Å². The predicted molar refractivity (Wildman–Crippen MR) is 217 cm³/mol. The number of halogens is 1. The van der Waals surface area contributed by atoms with Gasteiger partial charge >= 0.3 is 0 Å². The van der Waals surface area contributed by atoms with Crippen molar-refractivity contribution in [3.63, 3.8) is 0 Å². The van der Waals surface area contributed by atoms with E-state index < -0.39 is 11.1 Å². The molecule has 2 unspecified atom stereocenters. The molecule has 1 aromatic rings. The molecule has 52 heavy (non-hydrogen) atoms. The van der Waals surface area contributed by atoms with Gasteiger partial charge in [-0.2, -0.15) is 0 Å². The van der Waals surface area contributed by atoms with Crippen LogP contribution in [0.1, 0.15) is 88.2 Å². The number of carbonyl (C=O) groups is 3. The molecular weight excluding hydrogens is 726 g/mol. The molecular formula is C36H63ClN7O6S2-. The second-order valence-electron chi connectivity index (χ2n) is 12.2. The van der Waals surface area contributed by atoms with E-state index >= 15 is 0 Å². The van der Waals surface area contributed by atoms with E-state index in [1.807, 2.05) is 17.0 Å². The van der Waals surface area contributed by atoms with Crippen LogP contribution in [0, 0.1) is 5.92 Å². The first-order chi connectivity index (χ1) is 25.1. The first kappa shape index (κ1) is 51.2. The largest absolute Gasteiger partial charge is 0.772 e. The van der Waals surface area contributed by atoms with E-state index in [0.29, 0.717) is 18.4 Å². The molecule has 3 aliphatic carbocycles. The van der Waals surface area contributed by atoms with E-state index in [2.05, 4.69) is 64.7 Å². The van der Waals surface area contributed by atoms with Gasteiger partial charge < -0.3 is 36.7 Å². The van der Waals surface area contributed by atoms with Crippen molar-refractivity contribution < 1.29 is 28.3 Å². The zero-order chi connectivity index (χ0) is 39.9. The van der Waals surface area contributed by atoms with Gasteiger partial charge in [0.2, 0.25) is 11.8 Å². The van der Waals surface area contributed by atoms with Crippen LogP contribution in [0.4, 0.5) is 0 Å². The van der Waals surface area contributed by atoms with Gasteiger partial charge in [0.1, 0.15) is 6.04 Å². The number of thiocarbonyl (C=S) groups is 1. The maximum Gasteiger partial charge on any atom is 0.290 e. The Morgan fingerprint density at radius 3 is 2.08 bits per heavy atom. The molecule has 5 aliphatic rings. The van der Waals surface area contributed by atoms with Gasteiger partial charge in [-0.1, -0.05) is 66.3 Å². The molecule has 0 aromatic heterocycles. The van der Waals surface area contributed by atoms with Crippen molar-refractivity contribution in [3.8, 4) is 0 Å². The van der Waals surface area contributed by atoms with E-state index in [1.165, 1.54) is 62.1 Å². The molecule has 16 heteroatoms. The number of benzene rings is 1. The van der Waals surface area contributed by atoms with Crippen molar-refractivity contribution in [2.24, 2.45) is 22.4 Å². The van der Waals surface area contributed by atoms with Crippen LogP contribution in [-0.4, -0.2) is 106 Å². The first-order valence-electron chi connectivity index (χ1n) is 17.6. The van der Waals surface area contributed by atoms with Crippen LogP contribution < -0.4 is 22.1 Å². The fraction of sp³-hybridized carbons (Fsp3) is 0.639. The van der Waals surface area contributed by atoms with E-state index in [9.17, 15) is 18.4 Å². The zero-order valence-corrected chi connectivity index (χ0v) is 33.9. The average molecular weight is 790 g/mol. The van der Waals surface area contributed by atoms with Crippen molar-refractivity contribution in [2.75, 3.05) is 34.7 Å². The number of nitrogens with two attached hydrogens (primary N) is 2. The van der Waals surface area contributed by atoms with Gasteiger partial charge in [-0.15, -0.1) is 13.2 Å². The molecule has 2 atom stereocenters. The summed E-state index contributed by atoms with van der Waals surface area (Å²) in [4.78, 5) is 40.5. The third-order valence-electron chi connectivity index (χ3n) is 8.14. The Kier molecular flexibility index (Phi) is 32.2. The molecule has 298 valence electrons. The summed E-state index contributed by atoms with van der Waals surface area (Å²) in [6.45, 7) is 8.55. The molecule has 2 aliphatic heterocycles. The summed E-state index contributed by atoms with van der Waals surface area (Å²) in [6.07, 6.45) is 13.9. The van der Waals surface area contributed by atoms with Crippen molar-refractivity contribution >= 4 is 65.0 Å². The van der Waals surface area contributed by atoms with Gasteiger partial charge in [-0.05, 0) is 88.6 Å². The zero-order valence-electron chi connectivity index (χ0n) is 31.5. The highest BCUT2D eigenvalue weighted by Gasteiger charge is 2.37. The third-order valence-corrected chi connectivity index (χ3v) is 9.74. The molecule has 0 radical (unpaired) electrons. The fourth-order valence-electron chi connectivity index (χ4n) is 5.42. The van der Waals surface area contributed by atoms with Crippen LogP contribution in [0.25, 0.3) is 0 Å². The van der Waals surface area contributed by atoms with Crippen LogP contribution in [0.2, 0.25) is 5.02 Å². The Balaban J connectivity index is 0. The molecule has 7 N–H and O–H groups in total. The quantitative estimate of drug-likeness (QED) is 0.0683. The summed E-state index contributed by atoms with van der Waals surface area (Å²) in [5.41, 5.74) is 13.4. The van der Waals surface area contributed by atoms with Crippen molar-refractivity contribution in [1.29, 1.82) is 0 Å². The Bertz CT molecular complexity index is 1180. The number of rotatable bonds is 6. The number of nitrogens with zero attached hydrogens (tertiary/aromatic N) is 3. The Hall–Kier alpha value is -2.95. The lowest BCUT2D eigenvalue weighted by atomic mass is 9.86. The number of aliphatic imine (C=N–C) groups is 1. The van der Waals surface area contributed by atoms with E-state index in [-0.39, 0.29) is 29.6 Å². The maximum atomic E-state index is 12.5. The van der Waals surface area contributed by atoms with Crippen molar-refractivity contribution in [3.05, 3.63) is 47.5 Å². The van der Waals surface area contributed by atoms with Crippen LogP contribution >= 0.6 is 23.8 Å². The molecule has 4 fully saturated rings. The highest BCUT2D eigenvalue weighted by Crippen LogP contribution is 2.30. The summed E-state index contributed by atoms with van der Waals surface area (Å²) in [6, 6.07) is 6.31. The van der Waals surface area contributed by atoms with Gasteiger partial charge in [0.25, 0.3) is 6.47 Å². The summed E-state index contributed by atoms with van der Waals surface area (Å²) in [5, 5.41) is 13.5. The molecule has 6 rings (SSSR count). The van der Waals surface area contributed by atoms with Gasteiger partial charge in [0.05, 0.1) is 11.8 Å². The van der Waals surface area contributed by atoms with Gasteiger partial charge in [-0.25, -0.2) is 0 Å². The summed E-state index contributed by atoms with van der Waals surface area (Å²) < 4.78 is 19.5. The minimum atomic E-state index is -1.76. The second kappa shape index (κ2) is 32.7. The Morgan fingerprint density at radius 1 is 1.10 bits per heavy atom. The highest BCUT2D eigenvalue weighted by molar-refractivity contribution is 7.80. The lowest BCUT2D eigenvalue weighted by Gasteiger charge is -2.27. The lowest BCUT2D eigenvalue weighted by molar-refractivity contribution is -0.139. The molecule has 2 amide bonds. The SMILES string of the molecule is C=C.CN.CN1Cc2cccc(Cl)c2C1.CN=CN.CNC=S.O=C(NC1CC1)C1CCCN1C(=O)CC1CCCCC1.O=CO.O=S([O-])C1CC1. The number of amides is 2. The van der Waals surface area contributed by atoms with Crippen molar-refractivity contribution in [2.45, 2.75) is 107 Å². The van der Waals surface area contributed by atoms with E-state index in [0.717, 1.165) is 63.2 Å². The molecule has 3 saturated carbocycles. The summed E-state index contributed by atoms with van der Waals surface area (Å²) >= 11 is 8.57. The minimum Gasteiger partial charge on any atom is -0.772 e. The first-order valence-corrected chi connectivity index (χ1v) is 19.6. The van der Waals surface area contributed by atoms with E-state index in [4.69, 9.17) is 27.2 Å². The standard InChI is InChI=1S/C16H26N2O2.C9H10ClN.C3H6O2S.C2H6N2.C2H5NS.C2H4.CH5N.CH2O2/c19-15(11-12-5-2-1-3-6-12)18-10-4-7-14(18)16(20)17-13-8-9-13;1-11-5-7-3-2-4-9(10)8(7)6-11;4-6(5)3-1-2-3;1-4-2-3;1-3-2-4;2*1-2;2-1-3/h12-14H,1-11H2,(H,17,20);2-4H,5-6H2,1H3;3H,1-2H2,(H,4,5);2H,1H3,(H2,3,4);2H,1H3,(H,3,4);1-2H2;2H2,1H3;1H,(H,2,3)/p-1. The van der Waals surface area contributed by atoms with Gasteiger partial charge in [0.15, 0.2) is 0 Å². The van der Waals surface area contributed by atoms with Crippen LogP contribution in [0.3, 0.4) is 0 Å². The molecule has 1 saturated heterocycles. The number of likely N-dealkylation sites (tertiary alicyclic amines) is 1. The second-order valence-corrected chi connectivity index (χ2v) is 14.0. The van der Waals surface area contributed by atoms with E-state index in [1.54, 1.807) is 14.1 Å². The van der Waals surface area contributed by atoms with Gasteiger partial charge in [-0.3, -0.25) is 28.5 Å². The smallest absolute Gasteiger partial charge is 0.290 e. The predicted octanol–water partition coefficient (Wildman–Crippen LogP) is 4.38. The molecule has 0 bridgehead atoms. The van der Waals surface area contributed by atoms with Crippen LogP contribution in [0.15, 0.2) is 36.3 Å². The van der Waals surface area contributed by atoms with Gasteiger partial charge in [0, 0.05) is 56.5 Å². The molecule has 13 nitrogen and oxygen atoms in total. The summed E-state index contributed by atoms with van der Waals surface area (Å²) in [5.74, 6) is 0.858. The topological polar surface area (TPSA) is 207 Å². The molecule has 1 aromatic carbocycles. The number of carboxylic acid groups (broad SMARTS) is 1. The highest BCUT2D eigenvalue weighted by atomic mass is 35.5. The Labute approximate surface area is 324 Å². The average Bonchev–Trinajstić information content (AvgIpc) is 4.09. The Morgan fingerprint density at radius 2 is 1.65 bits per heavy atom. The third kappa shape index (κ3) is 23.6. The molecule has 2 heterocycles. The van der Waals surface area contributed by atoms with Crippen LogP contribution in [0.5, 0.6) is 0 Å².